The molecule has 3 unspecified atom stereocenters. The Balaban J connectivity index is 1.71. The largest absolute Gasteiger partial charge is 0.507 e. The Morgan fingerprint density at radius 1 is 1.00 bits per heavy atom. The molecule has 3 aliphatic rings. The van der Waals surface area contributed by atoms with Gasteiger partial charge in [-0.05, 0) is 77.6 Å². The molecule has 2 bridgehead atoms. The van der Waals surface area contributed by atoms with Gasteiger partial charge in [0.05, 0.1) is 0 Å². The number of rotatable bonds is 0. The Labute approximate surface area is 164 Å². The minimum atomic E-state index is 0.109. The molecule has 0 radical (unpaired) electrons. The van der Waals surface area contributed by atoms with E-state index in [4.69, 9.17) is 0 Å². The topological polar surface area (TPSA) is 25.2 Å². The van der Waals surface area contributed by atoms with Crippen LogP contribution in [-0.4, -0.2) is 9.67 Å². The van der Waals surface area contributed by atoms with Crippen LogP contribution < -0.4 is 0 Å². The summed E-state index contributed by atoms with van der Waals surface area (Å²) in [5, 5.41) is 14.6. The molecule has 2 nitrogen and oxygen atoms in total. The molecule has 1 aromatic heterocycles. The normalized spacial score (nSPS) is 27.2. The molecule has 2 fully saturated rings. The standard InChI is InChI=1S/C26H23NO/c1-27-11-10-18-22(27)9-8-19-23(28)13-21-25(24(18)19)17-4-2-3-5-20(17)26(21)14-15-6-7-16(26)12-15/h2-5,8-11,13,15-16,28H,6-7,12,14H2,1H3. The molecule has 1 heterocycles. The van der Waals surface area contributed by atoms with Gasteiger partial charge in [-0.25, -0.2) is 0 Å². The molecule has 7 rings (SSSR count). The smallest absolute Gasteiger partial charge is 0.123 e. The molecule has 3 aliphatic carbocycles. The second-order valence-electron chi connectivity index (χ2n) is 9.26. The molecule has 0 amide bonds. The van der Waals surface area contributed by atoms with Crippen LogP contribution in [-0.2, 0) is 12.5 Å². The molecule has 2 saturated carbocycles. The molecule has 28 heavy (non-hydrogen) atoms. The van der Waals surface area contributed by atoms with Crippen molar-refractivity contribution in [2.24, 2.45) is 18.9 Å². The number of fused-ring (bicyclic) bond motifs is 12. The summed E-state index contributed by atoms with van der Waals surface area (Å²) in [5.74, 6) is 2.00. The summed E-state index contributed by atoms with van der Waals surface area (Å²) in [5.41, 5.74) is 7.02. The maximum Gasteiger partial charge on any atom is 0.123 e. The highest BCUT2D eigenvalue weighted by Crippen LogP contribution is 2.67. The summed E-state index contributed by atoms with van der Waals surface area (Å²) >= 11 is 0. The van der Waals surface area contributed by atoms with Gasteiger partial charge in [-0.3, -0.25) is 0 Å². The van der Waals surface area contributed by atoms with Crippen molar-refractivity contribution >= 4 is 21.7 Å². The van der Waals surface area contributed by atoms with Crippen molar-refractivity contribution < 1.29 is 5.11 Å². The third kappa shape index (κ3) is 1.55. The van der Waals surface area contributed by atoms with Gasteiger partial charge in [-0.2, -0.15) is 0 Å². The average Bonchev–Trinajstić information content (AvgIpc) is 3.47. The van der Waals surface area contributed by atoms with Gasteiger partial charge < -0.3 is 9.67 Å². The van der Waals surface area contributed by atoms with E-state index in [1.807, 2.05) is 0 Å². The lowest BCUT2D eigenvalue weighted by Gasteiger charge is -2.36. The maximum absolute atomic E-state index is 11.1. The van der Waals surface area contributed by atoms with E-state index >= 15 is 0 Å². The molecule has 2 heteroatoms. The monoisotopic (exact) mass is 365 g/mol. The highest BCUT2D eigenvalue weighted by atomic mass is 16.3. The third-order valence-corrected chi connectivity index (χ3v) is 8.15. The van der Waals surface area contributed by atoms with Crippen LogP contribution in [0.4, 0.5) is 0 Å². The first-order chi connectivity index (χ1) is 13.7. The van der Waals surface area contributed by atoms with Crippen molar-refractivity contribution in [2.45, 2.75) is 31.1 Å². The minimum Gasteiger partial charge on any atom is -0.507 e. The van der Waals surface area contributed by atoms with Crippen molar-refractivity contribution in [1.82, 2.24) is 4.57 Å². The van der Waals surface area contributed by atoms with Crippen LogP contribution >= 0.6 is 0 Å². The Morgan fingerprint density at radius 3 is 2.71 bits per heavy atom. The zero-order valence-electron chi connectivity index (χ0n) is 16.1. The summed E-state index contributed by atoms with van der Waals surface area (Å²) < 4.78 is 2.18. The first-order valence-corrected chi connectivity index (χ1v) is 10.5. The summed E-state index contributed by atoms with van der Waals surface area (Å²) in [4.78, 5) is 0. The molecular weight excluding hydrogens is 342 g/mol. The highest BCUT2D eigenvalue weighted by Gasteiger charge is 2.57. The maximum atomic E-state index is 11.1. The quantitative estimate of drug-likeness (QED) is 0.399. The predicted molar refractivity (Wildman–Crippen MR) is 114 cm³/mol. The van der Waals surface area contributed by atoms with Crippen molar-refractivity contribution in [3.05, 3.63) is 65.9 Å². The fraction of sp³-hybridized carbons (Fsp3) is 0.308. The number of aromatic nitrogens is 1. The van der Waals surface area contributed by atoms with Crippen molar-refractivity contribution in [2.75, 3.05) is 0 Å². The van der Waals surface area contributed by atoms with Crippen LogP contribution in [0.3, 0.4) is 0 Å². The lowest BCUT2D eigenvalue weighted by molar-refractivity contribution is 0.326. The lowest BCUT2D eigenvalue weighted by Crippen LogP contribution is -2.31. The van der Waals surface area contributed by atoms with E-state index in [1.165, 1.54) is 64.2 Å². The SMILES string of the molecule is Cn1ccc2c3c4c(cc(O)c3ccc21)C1(CC2CCC1C2)c1ccccc1-4. The Kier molecular flexibility index (Phi) is 2.61. The number of phenolic OH excluding ortho intramolecular Hbond substituents is 1. The second kappa shape index (κ2) is 4.81. The molecule has 3 atom stereocenters. The Bertz CT molecular complexity index is 1310. The molecule has 138 valence electrons. The third-order valence-electron chi connectivity index (χ3n) is 8.15. The van der Waals surface area contributed by atoms with E-state index in [9.17, 15) is 5.11 Å². The van der Waals surface area contributed by atoms with Gasteiger partial charge in [0.2, 0.25) is 0 Å². The number of phenols is 1. The molecule has 0 saturated heterocycles. The minimum absolute atomic E-state index is 0.109. The molecule has 4 aromatic rings. The van der Waals surface area contributed by atoms with E-state index in [-0.39, 0.29) is 5.41 Å². The number of aromatic hydroxyl groups is 1. The second-order valence-corrected chi connectivity index (χ2v) is 9.26. The van der Waals surface area contributed by atoms with Gasteiger partial charge in [0.1, 0.15) is 5.75 Å². The molecule has 1 spiro atoms. The number of benzene rings is 3. The van der Waals surface area contributed by atoms with Crippen LogP contribution in [0, 0.1) is 11.8 Å². The predicted octanol–water partition coefficient (Wildman–Crippen LogP) is 6.12. The van der Waals surface area contributed by atoms with Gasteiger partial charge in [0.15, 0.2) is 0 Å². The first kappa shape index (κ1) is 15.2. The number of hydrogen-bond donors (Lipinski definition) is 1. The summed E-state index contributed by atoms with van der Waals surface area (Å²) in [7, 11) is 2.10. The van der Waals surface area contributed by atoms with E-state index in [2.05, 4.69) is 66.3 Å². The van der Waals surface area contributed by atoms with Gasteiger partial charge >= 0.3 is 0 Å². The molecule has 3 aromatic carbocycles. The van der Waals surface area contributed by atoms with Crippen molar-refractivity contribution in [1.29, 1.82) is 0 Å². The van der Waals surface area contributed by atoms with Gasteiger partial charge in [-0.1, -0.05) is 30.7 Å². The van der Waals surface area contributed by atoms with E-state index in [0.717, 1.165) is 11.3 Å². The van der Waals surface area contributed by atoms with Crippen LogP contribution in [0.25, 0.3) is 32.8 Å². The Morgan fingerprint density at radius 2 is 1.89 bits per heavy atom. The number of nitrogens with zero attached hydrogens (tertiary/aromatic N) is 1. The average molecular weight is 365 g/mol. The lowest BCUT2D eigenvalue weighted by atomic mass is 9.66. The highest BCUT2D eigenvalue weighted by molar-refractivity contribution is 6.18. The van der Waals surface area contributed by atoms with Gasteiger partial charge in [0, 0.05) is 40.3 Å². The van der Waals surface area contributed by atoms with E-state index < -0.39 is 0 Å². The van der Waals surface area contributed by atoms with Crippen molar-refractivity contribution in [3.8, 4) is 16.9 Å². The zero-order valence-corrected chi connectivity index (χ0v) is 16.1. The van der Waals surface area contributed by atoms with Gasteiger partial charge in [-0.15, -0.1) is 0 Å². The van der Waals surface area contributed by atoms with Crippen LogP contribution in [0.2, 0.25) is 0 Å². The van der Waals surface area contributed by atoms with Crippen LogP contribution in [0.15, 0.2) is 54.7 Å². The molecule has 1 N–H and O–H groups in total. The fourth-order valence-electron chi connectivity index (χ4n) is 7.11. The summed E-state index contributed by atoms with van der Waals surface area (Å²) in [6.45, 7) is 0. The molecule has 0 aliphatic heterocycles. The van der Waals surface area contributed by atoms with Crippen molar-refractivity contribution in [3.63, 3.8) is 0 Å². The summed E-state index contributed by atoms with van der Waals surface area (Å²) in [6, 6.07) is 17.6. The van der Waals surface area contributed by atoms with E-state index in [0.29, 0.717) is 11.7 Å². The summed E-state index contributed by atoms with van der Waals surface area (Å²) in [6.07, 6.45) is 7.44. The number of aryl methyl sites for hydroxylation is 1. The van der Waals surface area contributed by atoms with Crippen LogP contribution in [0.1, 0.15) is 36.8 Å². The number of hydrogen-bond acceptors (Lipinski definition) is 1. The van der Waals surface area contributed by atoms with Crippen LogP contribution in [0.5, 0.6) is 5.75 Å². The fourth-order valence-corrected chi connectivity index (χ4v) is 7.11. The van der Waals surface area contributed by atoms with E-state index in [1.54, 1.807) is 0 Å². The Hall–Kier alpha value is -2.74. The molecular formula is C26H23NO. The van der Waals surface area contributed by atoms with Gasteiger partial charge in [0.25, 0.3) is 0 Å². The first-order valence-electron chi connectivity index (χ1n) is 10.5. The zero-order chi connectivity index (χ0) is 18.6.